The lowest BCUT2D eigenvalue weighted by atomic mass is 10.1. The number of likely N-dealkylation sites (tertiary alicyclic amines) is 1. The van der Waals surface area contributed by atoms with Crippen LogP contribution in [0.4, 0.5) is 0 Å². The van der Waals surface area contributed by atoms with Crippen LogP contribution in [0.1, 0.15) is 40.0 Å². The molecule has 2 atom stereocenters. The van der Waals surface area contributed by atoms with Gasteiger partial charge in [-0.25, -0.2) is 0 Å². The molecule has 2 nitrogen and oxygen atoms in total. The summed E-state index contributed by atoms with van der Waals surface area (Å²) >= 11 is 0. The van der Waals surface area contributed by atoms with E-state index in [-0.39, 0.29) is 0 Å². The Hall–Kier alpha value is -0.0800. The SMILES string of the molecule is CC(CNC1CCN(C(C)C)C1)C1CC1. The normalized spacial score (nSPS) is 30.0. The Labute approximate surface area is 94.4 Å². The lowest BCUT2D eigenvalue weighted by molar-refractivity contribution is 0.266. The maximum atomic E-state index is 3.75. The molecule has 0 aromatic heterocycles. The molecule has 0 radical (unpaired) electrons. The summed E-state index contributed by atoms with van der Waals surface area (Å²) in [5.74, 6) is 1.94. The molecule has 0 amide bonds. The third kappa shape index (κ3) is 3.18. The van der Waals surface area contributed by atoms with E-state index in [9.17, 15) is 0 Å². The van der Waals surface area contributed by atoms with Crippen LogP contribution in [0.2, 0.25) is 0 Å². The van der Waals surface area contributed by atoms with Crippen LogP contribution in [0, 0.1) is 11.8 Å². The van der Waals surface area contributed by atoms with Gasteiger partial charge in [-0.1, -0.05) is 6.92 Å². The van der Waals surface area contributed by atoms with Crippen LogP contribution in [-0.2, 0) is 0 Å². The predicted molar refractivity (Wildman–Crippen MR) is 65.0 cm³/mol. The maximum absolute atomic E-state index is 3.75. The predicted octanol–water partition coefficient (Wildman–Crippen LogP) is 2.10. The smallest absolute Gasteiger partial charge is 0.0207 e. The highest BCUT2D eigenvalue weighted by atomic mass is 15.2. The first-order valence-corrected chi connectivity index (χ1v) is 6.64. The molecule has 1 saturated carbocycles. The third-order valence-electron chi connectivity index (χ3n) is 4.11. The highest BCUT2D eigenvalue weighted by Gasteiger charge is 2.29. The van der Waals surface area contributed by atoms with Crippen molar-refractivity contribution >= 4 is 0 Å². The molecule has 1 aliphatic carbocycles. The van der Waals surface area contributed by atoms with Crippen molar-refractivity contribution in [2.45, 2.75) is 52.1 Å². The molecule has 0 bridgehead atoms. The van der Waals surface area contributed by atoms with Crippen molar-refractivity contribution in [1.29, 1.82) is 0 Å². The van der Waals surface area contributed by atoms with Crippen molar-refractivity contribution in [2.75, 3.05) is 19.6 Å². The summed E-state index contributed by atoms with van der Waals surface area (Å²) in [6.45, 7) is 10.8. The minimum Gasteiger partial charge on any atom is -0.312 e. The summed E-state index contributed by atoms with van der Waals surface area (Å²) in [6, 6.07) is 1.48. The van der Waals surface area contributed by atoms with Gasteiger partial charge in [-0.05, 0) is 58.0 Å². The lowest BCUT2D eigenvalue weighted by Crippen LogP contribution is -2.37. The van der Waals surface area contributed by atoms with Crippen LogP contribution in [-0.4, -0.2) is 36.6 Å². The fourth-order valence-electron chi connectivity index (χ4n) is 2.61. The van der Waals surface area contributed by atoms with E-state index in [0.717, 1.165) is 23.9 Å². The summed E-state index contributed by atoms with van der Waals surface area (Å²) in [7, 11) is 0. The maximum Gasteiger partial charge on any atom is 0.0207 e. The van der Waals surface area contributed by atoms with Crippen LogP contribution in [0.5, 0.6) is 0 Å². The van der Waals surface area contributed by atoms with E-state index in [1.165, 1.54) is 38.9 Å². The number of rotatable bonds is 5. The van der Waals surface area contributed by atoms with Gasteiger partial charge in [-0.3, -0.25) is 4.90 Å². The molecule has 1 heterocycles. The zero-order valence-electron chi connectivity index (χ0n) is 10.5. The van der Waals surface area contributed by atoms with E-state index >= 15 is 0 Å². The number of nitrogens with one attached hydrogen (secondary N) is 1. The van der Waals surface area contributed by atoms with Crippen molar-refractivity contribution in [2.24, 2.45) is 11.8 Å². The van der Waals surface area contributed by atoms with Gasteiger partial charge in [0.2, 0.25) is 0 Å². The van der Waals surface area contributed by atoms with Crippen molar-refractivity contribution in [1.82, 2.24) is 10.2 Å². The Morgan fingerprint density at radius 2 is 1.93 bits per heavy atom. The van der Waals surface area contributed by atoms with Gasteiger partial charge in [0.1, 0.15) is 0 Å². The highest BCUT2D eigenvalue weighted by molar-refractivity contribution is 4.85. The first kappa shape index (κ1) is 11.4. The van der Waals surface area contributed by atoms with E-state index in [1.807, 2.05) is 0 Å². The first-order chi connectivity index (χ1) is 7.16. The van der Waals surface area contributed by atoms with Crippen LogP contribution >= 0.6 is 0 Å². The Bertz CT molecular complexity index is 199. The third-order valence-corrected chi connectivity index (χ3v) is 4.11. The second kappa shape index (κ2) is 4.84. The quantitative estimate of drug-likeness (QED) is 0.747. The van der Waals surface area contributed by atoms with Gasteiger partial charge in [0.15, 0.2) is 0 Å². The Balaban J connectivity index is 1.63. The molecule has 0 aromatic carbocycles. The molecule has 1 saturated heterocycles. The minimum absolute atomic E-state index is 0.720. The number of hydrogen-bond acceptors (Lipinski definition) is 2. The molecule has 1 aliphatic heterocycles. The van der Waals surface area contributed by atoms with E-state index in [4.69, 9.17) is 0 Å². The first-order valence-electron chi connectivity index (χ1n) is 6.64. The largest absolute Gasteiger partial charge is 0.312 e. The van der Waals surface area contributed by atoms with Gasteiger partial charge in [0.25, 0.3) is 0 Å². The molecule has 15 heavy (non-hydrogen) atoms. The molecule has 2 unspecified atom stereocenters. The molecule has 2 heteroatoms. The van der Waals surface area contributed by atoms with Crippen LogP contribution in [0.25, 0.3) is 0 Å². The van der Waals surface area contributed by atoms with Crippen molar-refractivity contribution in [3.8, 4) is 0 Å². The van der Waals surface area contributed by atoms with E-state index in [1.54, 1.807) is 0 Å². The second-order valence-corrected chi connectivity index (χ2v) is 5.80. The Morgan fingerprint density at radius 3 is 2.47 bits per heavy atom. The molecular weight excluding hydrogens is 184 g/mol. The Morgan fingerprint density at radius 1 is 1.20 bits per heavy atom. The molecule has 2 fully saturated rings. The van der Waals surface area contributed by atoms with Gasteiger partial charge < -0.3 is 5.32 Å². The number of hydrogen-bond donors (Lipinski definition) is 1. The summed E-state index contributed by atoms with van der Waals surface area (Å²) in [5, 5.41) is 3.75. The Kier molecular flexibility index (Phi) is 3.68. The summed E-state index contributed by atoms with van der Waals surface area (Å²) in [4.78, 5) is 2.58. The van der Waals surface area contributed by atoms with Crippen LogP contribution in [0.3, 0.4) is 0 Å². The molecule has 0 aromatic rings. The van der Waals surface area contributed by atoms with Crippen molar-refractivity contribution < 1.29 is 0 Å². The molecule has 2 aliphatic rings. The topological polar surface area (TPSA) is 15.3 Å². The van der Waals surface area contributed by atoms with Crippen molar-refractivity contribution in [3.05, 3.63) is 0 Å². The molecule has 1 N–H and O–H groups in total. The van der Waals surface area contributed by atoms with Crippen molar-refractivity contribution in [3.63, 3.8) is 0 Å². The van der Waals surface area contributed by atoms with Gasteiger partial charge in [-0.2, -0.15) is 0 Å². The summed E-state index contributed by atoms with van der Waals surface area (Å²) < 4.78 is 0. The molecule has 2 rings (SSSR count). The average Bonchev–Trinajstić information content (AvgIpc) is 2.93. The second-order valence-electron chi connectivity index (χ2n) is 5.80. The summed E-state index contributed by atoms with van der Waals surface area (Å²) in [6.07, 6.45) is 4.30. The van der Waals surface area contributed by atoms with Gasteiger partial charge in [0, 0.05) is 18.6 Å². The van der Waals surface area contributed by atoms with Gasteiger partial charge >= 0.3 is 0 Å². The van der Waals surface area contributed by atoms with Gasteiger partial charge in [-0.15, -0.1) is 0 Å². The van der Waals surface area contributed by atoms with Crippen LogP contribution in [0.15, 0.2) is 0 Å². The number of nitrogens with zero attached hydrogens (tertiary/aromatic N) is 1. The zero-order valence-corrected chi connectivity index (χ0v) is 10.5. The fourth-order valence-corrected chi connectivity index (χ4v) is 2.61. The van der Waals surface area contributed by atoms with E-state index in [2.05, 4.69) is 31.0 Å². The van der Waals surface area contributed by atoms with Crippen LogP contribution < -0.4 is 5.32 Å². The standard InChI is InChI=1S/C13H26N2/c1-10(2)15-7-6-13(9-15)14-8-11(3)12-4-5-12/h10-14H,4-9H2,1-3H3. The molecule has 88 valence electrons. The lowest BCUT2D eigenvalue weighted by Gasteiger charge is -2.21. The molecular formula is C13H26N2. The highest BCUT2D eigenvalue weighted by Crippen LogP contribution is 2.36. The minimum atomic E-state index is 0.720. The monoisotopic (exact) mass is 210 g/mol. The van der Waals surface area contributed by atoms with E-state index < -0.39 is 0 Å². The molecule has 0 spiro atoms. The fraction of sp³-hybridized carbons (Fsp3) is 1.00. The van der Waals surface area contributed by atoms with Gasteiger partial charge in [0.05, 0.1) is 0 Å². The van der Waals surface area contributed by atoms with E-state index in [0.29, 0.717) is 0 Å². The zero-order chi connectivity index (χ0) is 10.8. The summed E-state index contributed by atoms with van der Waals surface area (Å²) in [5.41, 5.74) is 0. The average molecular weight is 210 g/mol.